The number of aliphatic carboxylic acids is 1. The average molecular weight is 321 g/mol. The second kappa shape index (κ2) is 7.33. The van der Waals surface area contributed by atoms with E-state index < -0.39 is 12.0 Å². The van der Waals surface area contributed by atoms with Crippen LogP contribution in [0.4, 0.5) is 0 Å². The van der Waals surface area contributed by atoms with Gasteiger partial charge in [-0.3, -0.25) is 4.79 Å². The van der Waals surface area contributed by atoms with Gasteiger partial charge in [-0.25, -0.2) is 4.98 Å². The highest BCUT2D eigenvalue weighted by Gasteiger charge is 2.18. The molecular formula is C15H19N3O3S. The number of ether oxygens (including phenoxy) is 1. The zero-order valence-corrected chi connectivity index (χ0v) is 13.3. The number of nitrogens with two attached hydrogens (primary N) is 1. The van der Waals surface area contributed by atoms with Crippen LogP contribution in [0.2, 0.25) is 0 Å². The van der Waals surface area contributed by atoms with Gasteiger partial charge in [0.05, 0.1) is 19.1 Å². The van der Waals surface area contributed by atoms with Crippen LogP contribution in [0.25, 0.3) is 0 Å². The van der Waals surface area contributed by atoms with E-state index in [1.165, 1.54) is 0 Å². The van der Waals surface area contributed by atoms with Gasteiger partial charge in [-0.1, -0.05) is 23.9 Å². The Labute approximate surface area is 133 Å². The molecule has 7 heteroatoms. The minimum absolute atomic E-state index is 0.261. The quantitative estimate of drug-likeness (QED) is 0.754. The number of nitrogens with zero attached hydrogens (tertiary/aromatic N) is 2. The van der Waals surface area contributed by atoms with Crippen LogP contribution in [0.3, 0.4) is 0 Å². The predicted octanol–water partition coefficient (Wildman–Crippen LogP) is 1.68. The number of thioether (sulfide) groups is 1. The molecule has 0 bridgehead atoms. The highest BCUT2D eigenvalue weighted by molar-refractivity contribution is 7.98. The number of carboxylic acid groups (broad SMARTS) is 1. The Morgan fingerprint density at radius 2 is 2.14 bits per heavy atom. The van der Waals surface area contributed by atoms with E-state index in [2.05, 4.69) is 4.98 Å². The van der Waals surface area contributed by atoms with Crippen LogP contribution in [0.15, 0.2) is 35.6 Å². The smallest absolute Gasteiger partial charge is 0.320 e. The second-order valence-corrected chi connectivity index (χ2v) is 5.86. The molecule has 2 rings (SSSR count). The zero-order valence-electron chi connectivity index (χ0n) is 12.5. The Morgan fingerprint density at radius 3 is 2.73 bits per heavy atom. The summed E-state index contributed by atoms with van der Waals surface area (Å²) < 4.78 is 6.95. The summed E-state index contributed by atoms with van der Waals surface area (Å²) in [6, 6.07) is 6.90. The van der Waals surface area contributed by atoms with Crippen LogP contribution in [0.5, 0.6) is 5.75 Å². The van der Waals surface area contributed by atoms with E-state index >= 15 is 0 Å². The number of benzene rings is 1. The number of methoxy groups -OCH3 is 1. The lowest BCUT2D eigenvalue weighted by Crippen LogP contribution is -2.33. The minimum atomic E-state index is -1.01. The topological polar surface area (TPSA) is 90.4 Å². The molecule has 0 aliphatic carbocycles. The lowest BCUT2D eigenvalue weighted by atomic mass is 10.2. The van der Waals surface area contributed by atoms with E-state index in [9.17, 15) is 4.79 Å². The highest BCUT2D eigenvalue weighted by Crippen LogP contribution is 2.26. The van der Waals surface area contributed by atoms with Crippen LogP contribution in [0, 0.1) is 0 Å². The van der Waals surface area contributed by atoms with Gasteiger partial charge >= 0.3 is 5.97 Å². The maximum atomic E-state index is 10.9. The van der Waals surface area contributed by atoms with Crippen molar-refractivity contribution < 1.29 is 14.6 Å². The van der Waals surface area contributed by atoms with Crippen molar-refractivity contribution >= 4 is 17.7 Å². The van der Waals surface area contributed by atoms with Gasteiger partial charge in [-0.15, -0.1) is 0 Å². The van der Waals surface area contributed by atoms with Gasteiger partial charge in [0.15, 0.2) is 0 Å². The summed E-state index contributed by atoms with van der Waals surface area (Å²) in [6.07, 6.45) is 1.94. The first-order valence-corrected chi connectivity index (χ1v) is 7.74. The van der Waals surface area contributed by atoms with Crippen molar-refractivity contribution in [3.63, 3.8) is 0 Å². The largest absolute Gasteiger partial charge is 0.497 e. The molecule has 118 valence electrons. The molecule has 3 N–H and O–H groups in total. The van der Waals surface area contributed by atoms with Gasteiger partial charge < -0.3 is 20.1 Å². The first-order valence-electron chi connectivity index (χ1n) is 6.75. The molecule has 0 aliphatic rings. The first-order chi connectivity index (χ1) is 10.5. The number of hydrogen-bond acceptors (Lipinski definition) is 5. The van der Waals surface area contributed by atoms with Gasteiger partial charge in [0.2, 0.25) is 0 Å². The van der Waals surface area contributed by atoms with Crippen molar-refractivity contribution in [2.45, 2.75) is 23.2 Å². The summed E-state index contributed by atoms with van der Waals surface area (Å²) in [4.78, 5) is 15.2. The predicted molar refractivity (Wildman–Crippen MR) is 85.1 cm³/mol. The maximum Gasteiger partial charge on any atom is 0.320 e. The summed E-state index contributed by atoms with van der Waals surface area (Å²) in [5.74, 6) is 0.558. The van der Waals surface area contributed by atoms with Crippen molar-refractivity contribution in [2.75, 3.05) is 7.11 Å². The Hall–Kier alpha value is -1.99. The molecule has 1 aromatic heterocycles. The molecule has 0 radical (unpaired) electrons. The minimum Gasteiger partial charge on any atom is -0.497 e. The standard InChI is InChI=1S/C15H19N3O3S/c1-18-9-17-14(13(18)7-12(16)15(19)20)22-8-10-3-5-11(21-2)6-4-10/h3-6,9,12H,7-8,16H2,1-2H3,(H,19,20)/t12-/m0/s1. The molecule has 0 aliphatic heterocycles. The van der Waals surface area contributed by atoms with Crippen molar-refractivity contribution in [1.82, 2.24) is 9.55 Å². The molecule has 6 nitrogen and oxygen atoms in total. The third-order valence-corrected chi connectivity index (χ3v) is 4.38. The molecule has 0 saturated carbocycles. The Kier molecular flexibility index (Phi) is 5.46. The van der Waals surface area contributed by atoms with E-state index in [1.807, 2.05) is 35.9 Å². The van der Waals surface area contributed by atoms with Crippen LogP contribution in [0.1, 0.15) is 11.3 Å². The summed E-state index contributed by atoms with van der Waals surface area (Å²) in [5, 5.41) is 9.76. The van der Waals surface area contributed by atoms with Crippen molar-refractivity contribution in [1.29, 1.82) is 0 Å². The summed E-state index contributed by atoms with van der Waals surface area (Å²) in [7, 11) is 3.48. The molecule has 22 heavy (non-hydrogen) atoms. The van der Waals surface area contributed by atoms with Gasteiger partial charge in [0, 0.05) is 19.2 Å². The van der Waals surface area contributed by atoms with Crippen molar-refractivity contribution in [3.8, 4) is 5.75 Å². The number of rotatable bonds is 7. The normalized spacial score (nSPS) is 12.1. The molecule has 0 saturated heterocycles. The lowest BCUT2D eigenvalue weighted by molar-refractivity contribution is -0.138. The molecule has 0 fully saturated rings. The number of aromatic nitrogens is 2. The molecule has 2 aromatic rings. The third-order valence-electron chi connectivity index (χ3n) is 3.29. The van der Waals surface area contributed by atoms with Gasteiger partial charge in [0.25, 0.3) is 0 Å². The SMILES string of the molecule is COc1ccc(CSc2ncn(C)c2C[C@H](N)C(=O)O)cc1. The monoisotopic (exact) mass is 321 g/mol. The molecule has 1 atom stereocenters. The van der Waals surface area contributed by atoms with Gasteiger partial charge in [-0.2, -0.15) is 0 Å². The Balaban J connectivity index is 2.04. The number of hydrogen-bond donors (Lipinski definition) is 2. The van der Waals surface area contributed by atoms with E-state index in [0.717, 1.165) is 27.8 Å². The molecule has 1 heterocycles. The fourth-order valence-corrected chi connectivity index (χ4v) is 2.97. The van der Waals surface area contributed by atoms with Crippen LogP contribution >= 0.6 is 11.8 Å². The maximum absolute atomic E-state index is 10.9. The third kappa shape index (κ3) is 4.02. The fraction of sp³-hybridized carbons (Fsp3) is 0.333. The van der Waals surface area contributed by atoms with Crippen LogP contribution < -0.4 is 10.5 Å². The fourth-order valence-electron chi connectivity index (χ4n) is 1.96. The molecule has 0 amide bonds. The number of imidazole rings is 1. The highest BCUT2D eigenvalue weighted by atomic mass is 32.2. The van der Waals surface area contributed by atoms with E-state index in [-0.39, 0.29) is 6.42 Å². The zero-order chi connectivity index (χ0) is 16.1. The second-order valence-electron chi connectivity index (χ2n) is 4.89. The molecule has 0 unspecified atom stereocenters. The number of carboxylic acids is 1. The summed E-state index contributed by atoms with van der Waals surface area (Å²) >= 11 is 1.57. The number of aryl methyl sites for hydroxylation is 1. The van der Waals surface area contributed by atoms with E-state index in [4.69, 9.17) is 15.6 Å². The number of carbonyl (C=O) groups is 1. The average Bonchev–Trinajstić information content (AvgIpc) is 2.86. The molecule has 0 spiro atoms. The van der Waals surface area contributed by atoms with Crippen LogP contribution in [-0.2, 0) is 24.0 Å². The van der Waals surface area contributed by atoms with Crippen molar-refractivity contribution in [3.05, 3.63) is 41.9 Å². The van der Waals surface area contributed by atoms with Crippen molar-refractivity contribution in [2.24, 2.45) is 12.8 Å². The first kappa shape index (κ1) is 16.4. The van der Waals surface area contributed by atoms with Gasteiger partial charge in [-0.05, 0) is 17.7 Å². The van der Waals surface area contributed by atoms with Crippen LogP contribution in [-0.4, -0.2) is 33.8 Å². The van der Waals surface area contributed by atoms with E-state index in [1.54, 1.807) is 25.2 Å². The summed E-state index contributed by atoms with van der Waals surface area (Å²) in [6.45, 7) is 0. The lowest BCUT2D eigenvalue weighted by Gasteiger charge is -2.09. The molecular weight excluding hydrogens is 302 g/mol. The Bertz CT molecular complexity index is 640. The van der Waals surface area contributed by atoms with Gasteiger partial charge in [0.1, 0.15) is 16.8 Å². The van der Waals surface area contributed by atoms with E-state index in [0.29, 0.717) is 0 Å². The Morgan fingerprint density at radius 1 is 1.45 bits per heavy atom. The molecule has 1 aromatic carbocycles. The summed E-state index contributed by atoms with van der Waals surface area (Å²) in [5.41, 5.74) is 7.61.